The fourth-order valence-corrected chi connectivity index (χ4v) is 4.69. The number of nitrogens with one attached hydrogen (secondary N) is 1. The van der Waals surface area contributed by atoms with Crippen LogP contribution in [-0.4, -0.2) is 48.0 Å². The summed E-state index contributed by atoms with van der Waals surface area (Å²) in [7, 11) is -2.04. The smallest absolute Gasteiger partial charge is 0.284 e. The Kier molecular flexibility index (Phi) is 5.79. The van der Waals surface area contributed by atoms with Gasteiger partial charge in [-0.15, -0.1) is 4.40 Å². The van der Waals surface area contributed by atoms with Crippen LogP contribution in [-0.2, 0) is 14.8 Å². The van der Waals surface area contributed by atoms with Gasteiger partial charge in [0.25, 0.3) is 10.0 Å². The molecule has 2 aromatic heterocycles. The van der Waals surface area contributed by atoms with E-state index in [-0.39, 0.29) is 10.0 Å². The minimum Gasteiger partial charge on any atom is -0.362 e. The normalized spacial score (nSPS) is 15.9. The summed E-state index contributed by atoms with van der Waals surface area (Å²) < 4.78 is 31.0. The van der Waals surface area contributed by atoms with Crippen molar-refractivity contribution >= 4 is 50.8 Å². The first-order chi connectivity index (χ1) is 14.8. The first kappa shape index (κ1) is 21.1. The molecule has 0 unspecified atom stereocenters. The SMILES string of the molecule is CN1CCC/C1=N\S(=O)(=O)c1cccc(NC(=O)/C=C/c2c(Cl)nc3ccccn23)c1. The molecule has 0 bridgehead atoms. The van der Waals surface area contributed by atoms with Gasteiger partial charge in [-0.1, -0.05) is 23.7 Å². The monoisotopic (exact) mass is 457 g/mol. The van der Waals surface area contributed by atoms with E-state index < -0.39 is 15.9 Å². The number of carbonyl (C=O) groups is 1. The number of anilines is 1. The molecular formula is C21H20ClN5O3S. The number of hydrogen-bond acceptors (Lipinski definition) is 4. The summed E-state index contributed by atoms with van der Waals surface area (Å²) in [5, 5.41) is 2.94. The summed E-state index contributed by atoms with van der Waals surface area (Å²) >= 11 is 6.16. The van der Waals surface area contributed by atoms with E-state index >= 15 is 0 Å². The van der Waals surface area contributed by atoms with Crippen molar-refractivity contribution in [2.75, 3.05) is 18.9 Å². The van der Waals surface area contributed by atoms with Gasteiger partial charge in [0, 0.05) is 38.0 Å². The van der Waals surface area contributed by atoms with Crippen LogP contribution in [0, 0.1) is 0 Å². The van der Waals surface area contributed by atoms with Crippen molar-refractivity contribution in [3.63, 3.8) is 0 Å². The Balaban J connectivity index is 1.52. The number of sulfonamides is 1. The second kappa shape index (κ2) is 8.52. The van der Waals surface area contributed by atoms with Gasteiger partial charge in [-0.05, 0) is 42.8 Å². The van der Waals surface area contributed by atoms with Crippen molar-refractivity contribution in [3.8, 4) is 0 Å². The molecule has 1 aromatic carbocycles. The summed E-state index contributed by atoms with van der Waals surface area (Å²) in [5.41, 5.74) is 1.58. The van der Waals surface area contributed by atoms with E-state index in [2.05, 4.69) is 14.7 Å². The number of imidazole rings is 1. The second-order valence-corrected chi connectivity index (χ2v) is 9.04. The Bertz CT molecular complexity index is 1310. The standard InChI is InChI=1S/C21H20ClN5O3S/c1-26-12-5-9-19(26)25-31(29,30)16-7-4-6-15(14-16)23-20(28)11-10-17-21(22)24-18-8-2-3-13-27(17)18/h2-4,6-8,10-11,13-14H,5,9,12H2,1H3,(H,23,28)/b11-10+,25-19+. The molecule has 3 heterocycles. The minimum atomic E-state index is -3.86. The lowest BCUT2D eigenvalue weighted by molar-refractivity contribution is -0.111. The molecule has 4 rings (SSSR count). The number of likely N-dealkylation sites (tertiary alicyclic amines) is 1. The fraction of sp³-hybridized carbons (Fsp3) is 0.190. The molecule has 0 spiro atoms. The number of amides is 1. The molecule has 1 aliphatic rings. The summed E-state index contributed by atoms with van der Waals surface area (Å²) in [5.74, 6) is 0.112. The largest absolute Gasteiger partial charge is 0.362 e. The Morgan fingerprint density at radius 3 is 2.87 bits per heavy atom. The van der Waals surface area contributed by atoms with Crippen LogP contribution in [0.5, 0.6) is 0 Å². The van der Waals surface area contributed by atoms with Crippen LogP contribution >= 0.6 is 11.6 Å². The highest BCUT2D eigenvalue weighted by atomic mass is 35.5. The molecule has 0 radical (unpaired) electrons. The molecule has 10 heteroatoms. The summed E-state index contributed by atoms with van der Waals surface area (Å²) in [6.45, 7) is 0.785. The third-order valence-electron chi connectivity index (χ3n) is 4.87. The first-order valence-corrected chi connectivity index (χ1v) is 11.4. The third-order valence-corrected chi connectivity index (χ3v) is 6.45. The maximum absolute atomic E-state index is 12.6. The molecule has 8 nitrogen and oxygen atoms in total. The molecular weight excluding hydrogens is 438 g/mol. The molecule has 1 N–H and O–H groups in total. The van der Waals surface area contributed by atoms with Crippen molar-refractivity contribution < 1.29 is 13.2 Å². The van der Waals surface area contributed by atoms with Gasteiger partial charge >= 0.3 is 0 Å². The molecule has 1 amide bonds. The van der Waals surface area contributed by atoms with Crippen LogP contribution in [0.4, 0.5) is 5.69 Å². The first-order valence-electron chi connectivity index (χ1n) is 9.60. The average molecular weight is 458 g/mol. The zero-order valence-corrected chi connectivity index (χ0v) is 18.3. The predicted octanol–water partition coefficient (Wildman–Crippen LogP) is 3.45. The van der Waals surface area contributed by atoms with E-state index in [1.807, 2.05) is 30.1 Å². The Hall–Kier alpha value is -3.17. The van der Waals surface area contributed by atoms with Crippen LogP contribution in [0.2, 0.25) is 5.15 Å². The van der Waals surface area contributed by atoms with Crippen LogP contribution in [0.1, 0.15) is 18.5 Å². The lowest BCUT2D eigenvalue weighted by atomic mass is 10.3. The molecule has 1 saturated heterocycles. The quantitative estimate of drug-likeness (QED) is 0.592. The lowest BCUT2D eigenvalue weighted by Crippen LogP contribution is -2.20. The van der Waals surface area contributed by atoms with Gasteiger partial charge in [-0.2, -0.15) is 8.42 Å². The van der Waals surface area contributed by atoms with Crippen molar-refractivity contribution in [1.29, 1.82) is 0 Å². The van der Waals surface area contributed by atoms with Crippen molar-refractivity contribution in [2.45, 2.75) is 17.7 Å². The number of nitrogens with zero attached hydrogens (tertiary/aromatic N) is 4. The van der Waals surface area contributed by atoms with Crippen LogP contribution in [0.3, 0.4) is 0 Å². The zero-order chi connectivity index (χ0) is 22.0. The molecule has 160 valence electrons. The number of pyridine rings is 1. The fourth-order valence-electron chi connectivity index (χ4n) is 3.31. The number of carbonyl (C=O) groups excluding carboxylic acids is 1. The van der Waals surface area contributed by atoms with Gasteiger partial charge in [-0.3, -0.25) is 9.20 Å². The van der Waals surface area contributed by atoms with E-state index in [4.69, 9.17) is 11.6 Å². The molecule has 1 aliphatic heterocycles. The van der Waals surface area contributed by atoms with E-state index in [1.54, 1.807) is 28.8 Å². The molecule has 0 aliphatic carbocycles. The van der Waals surface area contributed by atoms with Gasteiger partial charge in [0.15, 0.2) is 5.15 Å². The number of hydrogen-bond donors (Lipinski definition) is 1. The Morgan fingerprint density at radius 2 is 2.10 bits per heavy atom. The van der Waals surface area contributed by atoms with E-state index in [1.165, 1.54) is 18.2 Å². The molecule has 31 heavy (non-hydrogen) atoms. The number of halogens is 1. The number of rotatable bonds is 5. The van der Waals surface area contributed by atoms with Gasteiger partial charge in [0.1, 0.15) is 11.5 Å². The maximum Gasteiger partial charge on any atom is 0.284 e. The van der Waals surface area contributed by atoms with Crippen molar-refractivity contribution in [2.24, 2.45) is 4.40 Å². The van der Waals surface area contributed by atoms with Crippen LogP contribution < -0.4 is 5.32 Å². The maximum atomic E-state index is 12.6. The van der Waals surface area contributed by atoms with E-state index in [9.17, 15) is 13.2 Å². The highest BCUT2D eigenvalue weighted by Gasteiger charge is 2.20. The van der Waals surface area contributed by atoms with Gasteiger partial charge in [0.05, 0.1) is 10.6 Å². The van der Waals surface area contributed by atoms with Crippen molar-refractivity contribution in [1.82, 2.24) is 14.3 Å². The zero-order valence-electron chi connectivity index (χ0n) is 16.7. The second-order valence-electron chi connectivity index (χ2n) is 7.07. The number of benzene rings is 1. The molecule has 3 aromatic rings. The highest BCUT2D eigenvalue weighted by molar-refractivity contribution is 7.90. The topological polar surface area (TPSA) is 96.1 Å². The predicted molar refractivity (Wildman–Crippen MR) is 121 cm³/mol. The van der Waals surface area contributed by atoms with Gasteiger partial charge < -0.3 is 10.2 Å². The Labute approximate surface area is 184 Å². The average Bonchev–Trinajstić information content (AvgIpc) is 3.28. The number of aromatic nitrogens is 2. The molecule has 0 saturated carbocycles. The van der Waals surface area contributed by atoms with Gasteiger partial charge in [-0.25, -0.2) is 4.98 Å². The number of amidine groups is 1. The summed E-state index contributed by atoms with van der Waals surface area (Å²) in [4.78, 5) is 18.5. The minimum absolute atomic E-state index is 0.0203. The van der Waals surface area contributed by atoms with E-state index in [0.29, 0.717) is 29.3 Å². The molecule has 1 fully saturated rings. The summed E-state index contributed by atoms with van der Waals surface area (Å²) in [6.07, 6.45) is 6.17. The lowest BCUT2D eigenvalue weighted by Gasteiger charge is -2.11. The summed E-state index contributed by atoms with van der Waals surface area (Å²) in [6, 6.07) is 11.5. The van der Waals surface area contributed by atoms with Crippen molar-refractivity contribution in [3.05, 3.63) is 65.6 Å². The van der Waals surface area contributed by atoms with Crippen LogP contribution in [0.15, 0.2) is 64.0 Å². The number of fused-ring (bicyclic) bond motifs is 1. The molecule has 0 atom stereocenters. The van der Waals surface area contributed by atoms with Gasteiger partial charge in [0.2, 0.25) is 5.91 Å². The van der Waals surface area contributed by atoms with E-state index in [0.717, 1.165) is 13.0 Å². The van der Waals surface area contributed by atoms with Crippen LogP contribution in [0.25, 0.3) is 11.7 Å². The Morgan fingerprint density at radius 1 is 1.26 bits per heavy atom. The third kappa shape index (κ3) is 4.62. The highest BCUT2D eigenvalue weighted by Crippen LogP contribution is 2.21.